The van der Waals surface area contributed by atoms with Gasteiger partial charge in [-0.25, -0.2) is 0 Å². The lowest BCUT2D eigenvalue weighted by Gasteiger charge is -1.91. The molecule has 0 aromatic rings. The summed E-state index contributed by atoms with van der Waals surface area (Å²) in [5.74, 6) is 0. The van der Waals surface area contributed by atoms with Crippen molar-refractivity contribution in [2.45, 2.75) is 13.0 Å². The van der Waals surface area contributed by atoms with Gasteiger partial charge >= 0.3 is 10.3 Å². The van der Waals surface area contributed by atoms with Crippen molar-refractivity contribution in [1.29, 1.82) is 0 Å². The third-order valence-electron chi connectivity index (χ3n) is 0.839. The van der Waals surface area contributed by atoms with E-state index in [2.05, 4.69) is 8.91 Å². The van der Waals surface area contributed by atoms with E-state index in [0.717, 1.165) is 0 Å². The molecular weight excluding hydrogens is 130 g/mol. The van der Waals surface area contributed by atoms with Crippen LogP contribution >= 0.6 is 0 Å². The summed E-state index contributed by atoms with van der Waals surface area (Å²) < 4.78 is 27.2. The second-order valence-electron chi connectivity index (χ2n) is 1.71. The maximum atomic E-state index is 10.3. The van der Waals surface area contributed by atoms with Crippen LogP contribution in [0.25, 0.3) is 0 Å². The standard InChI is InChI=1S/C3H7NO3S/c1-3-2-4-8(5,6)7-3/h3-4H,2H2,1H3/t3-/m0/s1. The summed E-state index contributed by atoms with van der Waals surface area (Å²) in [5.41, 5.74) is 0. The Balaban J connectivity index is 2.71. The smallest absolute Gasteiger partial charge is 0.254 e. The predicted octanol–water partition coefficient (Wildman–Crippen LogP) is -0.760. The second-order valence-corrected chi connectivity index (χ2v) is 3.10. The van der Waals surface area contributed by atoms with Gasteiger partial charge in [0, 0.05) is 6.54 Å². The lowest BCUT2D eigenvalue weighted by Crippen LogP contribution is -2.15. The summed E-state index contributed by atoms with van der Waals surface area (Å²) in [5, 5.41) is 0. The first-order valence-corrected chi connectivity index (χ1v) is 3.69. The second kappa shape index (κ2) is 1.68. The Morgan fingerprint density at radius 2 is 2.38 bits per heavy atom. The Kier molecular flexibility index (Phi) is 1.26. The van der Waals surface area contributed by atoms with E-state index in [1.165, 1.54) is 0 Å². The highest BCUT2D eigenvalue weighted by Crippen LogP contribution is 2.02. The summed E-state index contributed by atoms with van der Waals surface area (Å²) in [4.78, 5) is 0. The molecule has 48 valence electrons. The van der Waals surface area contributed by atoms with Crippen LogP contribution in [0.4, 0.5) is 0 Å². The number of hydrogen-bond acceptors (Lipinski definition) is 3. The molecule has 1 atom stereocenters. The maximum absolute atomic E-state index is 10.3. The summed E-state index contributed by atoms with van der Waals surface area (Å²) in [7, 11) is -3.35. The minimum absolute atomic E-state index is 0.208. The Morgan fingerprint density at radius 1 is 1.75 bits per heavy atom. The fraction of sp³-hybridized carbons (Fsp3) is 1.00. The quantitative estimate of drug-likeness (QED) is 0.477. The SMILES string of the molecule is C[C@H]1CNS(=O)(=O)O1. The van der Waals surface area contributed by atoms with Crippen LogP contribution in [0.1, 0.15) is 6.92 Å². The molecule has 1 heterocycles. The summed E-state index contributed by atoms with van der Waals surface area (Å²) >= 11 is 0. The van der Waals surface area contributed by atoms with E-state index in [4.69, 9.17) is 0 Å². The van der Waals surface area contributed by atoms with Crippen LogP contribution in [0.5, 0.6) is 0 Å². The monoisotopic (exact) mass is 137 g/mol. The third kappa shape index (κ3) is 1.18. The van der Waals surface area contributed by atoms with Crippen LogP contribution in [0.15, 0.2) is 0 Å². The van der Waals surface area contributed by atoms with Gasteiger partial charge in [0.2, 0.25) is 0 Å². The molecule has 1 aliphatic rings. The Hall–Kier alpha value is -0.130. The predicted molar refractivity (Wildman–Crippen MR) is 27.5 cm³/mol. The van der Waals surface area contributed by atoms with Gasteiger partial charge in [0.1, 0.15) is 0 Å². The molecule has 0 unspecified atom stereocenters. The van der Waals surface area contributed by atoms with Gasteiger partial charge in [0.15, 0.2) is 0 Å². The first kappa shape index (κ1) is 6.00. The van der Waals surface area contributed by atoms with Crippen LogP contribution in [0.3, 0.4) is 0 Å². The Bertz CT molecular complexity index is 173. The molecule has 0 aromatic heterocycles. The van der Waals surface area contributed by atoms with Gasteiger partial charge in [-0.1, -0.05) is 0 Å². The summed E-state index contributed by atoms with van der Waals surface area (Å²) in [6.07, 6.45) is -0.208. The van der Waals surface area contributed by atoms with Crippen LogP contribution < -0.4 is 4.72 Å². The molecule has 0 saturated carbocycles. The minimum Gasteiger partial charge on any atom is -0.254 e. The molecule has 0 radical (unpaired) electrons. The highest BCUT2D eigenvalue weighted by atomic mass is 32.2. The normalized spacial score (nSPS) is 35.4. The molecule has 0 aromatic carbocycles. The highest BCUT2D eigenvalue weighted by Gasteiger charge is 2.23. The fourth-order valence-corrected chi connectivity index (χ4v) is 1.51. The molecule has 1 saturated heterocycles. The van der Waals surface area contributed by atoms with E-state index < -0.39 is 10.3 Å². The van der Waals surface area contributed by atoms with E-state index in [1.54, 1.807) is 6.92 Å². The Labute approximate surface area is 48.1 Å². The van der Waals surface area contributed by atoms with Crippen molar-refractivity contribution in [3.8, 4) is 0 Å². The van der Waals surface area contributed by atoms with Crippen molar-refractivity contribution >= 4 is 10.3 Å². The summed E-state index contributed by atoms with van der Waals surface area (Å²) in [6, 6.07) is 0. The lowest BCUT2D eigenvalue weighted by atomic mass is 10.4. The molecule has 0 bridgehead atoms. The van der Waals surface area contributed by atoms with Crippen molar-refractivity contribution in [3.63, 3.8) is 0 Å². The van der Waals surface area contributed by atoms with Gasteiger partial charge in [-0.05, 0) is 6.92 Å². The van der Waals surface area contributed by atoms with Gasteiger partial charge in [-0.15, -0.1) is 0 Å². The van der Waals surface area contributed by atoms with Gasteiger partial charge in [-0.3, -0.25) is 4.18 Å². The number of rotatable bonds is 0. The molecule has 4 nitrogen and oxygen atoms in total. The molecule has 0 amide bonds. The third-order valence-corrected chi connectivity index (χ3v) is 1.94. The number of hydrogen-bond donors (Lipinski definition) is 1. The molecule has 0 aliphatic carbocycles. The molecule has 5 heteroatoms. The molecule has 1 fully saturated rings. The van der Waals surface area contributed by atoms with Crippen molar-refractivity contribution < 1.29 is 12.6 Å². The van der Waals surface area contributed by atoms with Crippen molar-refractivity contribution in [2.75, 3.05) is 6.54 Å². The van der Waals surface area contributed by atoms with Crippen molar-refractivity contribution in [2.24, 2.45) is 0 Å². The average molecular weight is 137 g/mol. The maximum Gasteiger partial charge on any atom is 0.336 e. The first-order valence-electron chi connectivity index (χ1n) is 2.28. The van der Waals surface area contributed by atoms with E-state index in [-0.39, 0.29) is 6.10 Å². The molecule has 1 aliphatic heterocycles. The van der Waals surface area contributed by atoms with E-state index in [1.807, 2.05) is 0 Å². The van der Waals surface area contributed by atoms with Gasteiger partial charge in [0.25, 0.3) is 0 Å². The van der Waals surface area contributed by atoms with Crippen LogP contribution in [0, 0.1) is 0 Å². The largest absolute Gasteiger partial charge is 0.336 e. The van der Waals surface area contributed by atoms with Crippen molar-refractivity contribution in [1.82, 2.24) is 4.72 Å². The van der Waals surface area contributed by atoms with Crippen molar-refractivity contribution in [3.05, 3.63) is 0 Å². The zero-order valence-electron chi connectivity index (χ0n) is 4.42. The van der Waals surface area contributed by atoms with E-state index >= 15 is 0 Å². The van der Waals surface area contributed by atoms with Crippen LogP contribution in [-0.4, -0.2) is 21.1 Å². The van der Waals surface area contributed by atoms with E-state index in [9.17, 15) is 8.42 Å². The zero-order chi connectivity index (χ0) is 6.20. The molecule has 8 heavy (non-hydrogen) atoms. The van der Waals surface area contributed by atoms with E-state index in [0.29, 0.717) is 6.54 Å². The summed E-state index contributed by atoms with van der Waals surface area (Å²) in [6.45, 7) is 2.08. The lowest BCUT2D eigenvalue weighted by molar-refractivity contribution is 0.269. The van der Waals surface area contributed by atoms with Gasteiger partial charge in [0.05, 0.1) is 6.10 Å². The molecule has 0 spiro atoms. The molecule has 1 N–H and O–H groups in total. The minimum atomic E-state index is -3.35. The van der Waals surface area contributed by atoms with Crippen LogP contribution in [-0.2, 0) is 14.5 Å². The first-order chi connectivity index (χ1) is 3.60. The number of nitrogens with one attached hydrogen (secondary N) is 1. The molecular formula is C3H7NO3S. The topological polar surface area (TPSA) is 55.4 Å². The van der Waals surface area contributed by atoms with Gasteiger partial charge < -0.3 is 0 Å². The fourth-order valence-electron chi connectivity index (χ4n) is 0.504. The Morgan fingerprint density at radius 3 is 2.50 bits per heavy atom. The average Bonchev–Trinajstić information content (AvgIpc) is 1.82. The zero-order valence-corrected chi connectivity index (χ0v) is 5.23. The van der Waals surface area contributed by atoms with Crippen LogP contribution in [0.2, 0.25) is 0 Å². The van der Waals surface area contributed by atoms with Gasteiger partial charge in [-0.2, -0.15) is 13.1 Å². The highest BCUT2D eigenvalue weighted by molar-refractivity contribution is 7.84. The molecule has 1 rings (SSSR count).